The molecular formula is C12H17F3N6. The third-order valence-corrected chi connectivity index (χ3v) is 2.87. The molecule has 2 aromatic rings. The van der Waals surface area contributed by atoms with Crippen molar-refractivity contribution in [2.24, 2.45) is 0 Å². The van der Waals surface area contributed by atoms with Gasteiger partial charge in [-0.3, -0.25) is 5.10 Å². The van der Waals surface area contributed by atoms with Gasteiger partial charge in [0.05, 0.1) is 11.6 Å². The molecular weight excluding hydrogens is 285 g/mol. The van der Waals surface area contributed by atoms with Crippen LogP contribution >= 0.6 is 0 Å². The summed E-state index contributed by atoms with van der Waals surface area (Å²) in [6.07, 6.45) is -2.88. The number of nitrogens with zero attached hydrogens (tertiary/aromatic N) is 4. The van der Waals surface area contributed by atoms with E-state index < -0.39 is 12.7 Å². The molecule has 0 spiro atoms. The predicted octanol–water partition coefficient (Wildman–Crippen LogP) is 2.56. The molecule has 0 atom stereocenters. The van der Waals surface area contributed by atoms with Gasteiger partial charge in [0.1, 0.15) is 12.4 Å². The fourth-order valence-corrected chi connectivity index (χ4v) is 1.97. The minimum absolute atomic E-state index is 0.219. The lowest BCUT2D eigenvalue weighted by atomic mass is 10.2. The molecule has 6 nitrogen and oxygen atoms in total. The summed E-state index contributed by atoms with van der Waals surface area (Å²) >= 11 is 0. The summed E-state index contributed by atoms with van der Waals surface area (Å²) in [6, 6.07) is -0.367. The number of aromatic nitrogens is 4. The summed E-state index contributed by atoms with van der Waals surface area (Å²) in [7, 11) is 0. The van der Waals surface area contributed by atoms with Gasteiger partial charge in [-0.05, 0) is 20.8 Å². The van der Waals surface area contributed by atoms with Crippen LogP contribution in [0.3, 0.4) is 0 Å². The van der Waals surface area contributed by atoms with Gasteiger partial charge in [-0.1, -0.05) is 0 Å². The minimum Gasteiger partial charge on any atom is -0.354 e. The molecule has 21 heavy (non-hydrogen) atoms. The summed E-state index contributed by atoms with van der Waals surface area (Å²) in [5.74, 6) is 0.495. The number of rotatable bonds is 5. The number of nitrogens with one attached hydrogen (secondary N) is 2. The highest BCUT2D eigenvalue weighted by Crippen LogP contribution is 2.28. The fraction of sp³-hybridized carbons (Fsp3) is 0.583. The van der Waals surface area contributed by atoms with Gasteiger partial charge in [-0.15, -0.1) is 0 Å². The molecule has 2 aromatic heterocycles. The SMILES string of the molecule is CCNc1nc(N(CC(F)(F)F)C(C)C)c2cn[nH]c2n1. The number of fused-ring (bicyclic) bond motifs is 1. The normalized spacial score (nSPS) is 12.1. The monoisotopic (exact) mass is 302 g/mol. The molecule has 0 unspecified atom stereocenters. The maximum absolute atomic E-state index is 12.8. The van der Waals surface area contributed by atoms with Crippen LogP contribution in [0.15, 0.2) is 6.20 Å². The average Bonchev–Trinajstić information content (AvgIpc) is 2.82. The first kappa shape index (κ1) is 15.3. The second-order valence-electron chi connectivity index (χ2n) is 4.87. The van der Waals surface area contributed by atoms with Crippen molar-refractivity contribution in [1.82, 2.24) is 20.2 Å². The van der Waals surface area contributed by atoms with Gasteiger partial charge >= 0.3 is 6.18 Å². The number of alkyl halides is 3. The Bertz CT molecular complexity index is 607. The fourth-order valence-electron chi connectivity index (χ4n) is 1.97. The lowest BCUT2D eigenvalue weighted by Crippen LogP contribution is -2.40. The molecule has 2 rings (SSSR count). The van der Waals surface area contributed by atoms with Gasteiger partial charge < -0.3 is 10.2 Å². The summed E-state index contributed by atoms with van der Waals surface area (Å²) in [4.78, 5) is 9.58. The van der Waals surface area contributed by atoms with Crippen LogP contribution in [0, 0.1) is 0 Å². The average molecular weight is 302 g/mol. The first-order chi connectivity index (χ1) is 9.81. The van der Waals surface area contributed by atoms with Gasteiger partial charge in [0.2, 0.25) is 5.95 Å². The molecule has 116 valence electrons. The van der Waals surface area contributed by atoms with Crippen LogP contribution in [-0.2, 0) is 0 Å². The molecule has 0 radical (unpaired) electrons. The molecule has 0 aromatic carbocycles. The standard InChI is InChI=1S/C12H17F3N6/c1-4-16-11-18-9-8(5-17-20-9)10(19-11)21(7(2)3)6-12(13,14)15/h5,7H,4,6H2,1-3H3,(H2,16,17,18,19,20). The molecule has 0 aliphatic heterocycles. The van der Waals surface area contributed by atoms with Crippen molar-refractivity contribution in [3.8, 4) is 0 Å². The van der Waals surface area contributed by atoms with E-state index in [0.29, 0.717) is 17.6 Å². The molecule has 0 amide bonds. The van der Waals surface area contributed by atoms with Crippen LogP contribution in [0.2, 0.25) is 0 Å². The quantitative estimate of drug-likeness (QED) is 0.888. The van der Waals surface area contributed by atoms with E-state index >= 15 is 0 Å². The highest BCUT2D eigenvalue weighted by Gasteiger charge is 2.33. The van der Waals surface area contributed by atoms with E-state index in [1.54, 1.807) is 13.8 Å². The van der Waals surface area contributed by atoms with Crippen LogP contribution in [0.1, 0.15) is 20.8 Å². The number of anilines is 2. The van der Waals surface area contributed by atoms with Gasteiger partial charge in [0.15, 0.2) is 5.65 Å². The number of H-pyrrole nitrogens is 1. The molecule has 0 aliphatic carbocycles. The molecule has 9 heteroatoms. The second kappa shape index (κ2) is 5.74. The number of hydrogen-bond acceptors (Lipinski definition) is 5. The summed E-state index contributed by atoms with van der Waals surface area (Å²) in [5, 5.41) is 9.88. The lowest BCUT2D eigenvalue weighted by molar-refractivity contribution is -0.120. The van der Waals surface area contributed by atoms with Gasteiger partial charge in [0.25, 0.3) is 0 Å². The summed E-state index contributed by atoms with van der Waals surface area (Å²) in [5.41, 5.74) is 0.406. The summed E-state index contributed by atoms with van der Waals surface area (Å²) in [6.45, 7) is 4.73. The van der Waals surface area contributed by atoms with E-state index in [0.717, 1.165) is 0 Å². The number of hydrogen-bond donors (Lipinski definition) is 2. The molecule has 0 fully saturated rings. The van der Waals surface area contributed by atoms with Crippen molar-refractivity contribution in [1.29, 1.82) is 0 Å². The van der Waals surface area contributed by atoms with Crippen molar-refractivity contribution in [2.75, 3.05) is 23.3 Å². The van der Waals surface area contributed by atoms with Gasteiger partial charge in [0, 0.05) is 12.6 Å². The predicted molar refractivity (Wildman–Crippen MR) is 74.4 cm³/mol. The Morgan fingerprint density at radius 2 is 2.05 bits per heavy atom. The van der Waals surface area contributed by atoms with Crippen LogP contribution in [0.25, 0.3) is 11.0 Å². The van der Waals surface area contributed by atoms with Crippen molar-refractivity contribution >= 4 is 22.8 Å². The first-order valence-electron chi connectivity index (χ1n) is 6.60. The Morgan fingerprint density at radius 3 is 2.62 bits per heavy atom. The van der Waals surface area contributed by atoms with Crippen LogP contribution < -0.4 is 10.2 Å². The maximum Gasteiger partial charge on any atom is 0.405 e. The highest BCUT2D eigenvalue weighted by atomic mass is 19.4. The Hall–Kier alpha value is -2.06. The third-order valence-electron chi connectivity index (χ3n) is 2.87. The topological polar surface area (TPSA) is 69.7 Å². The van der Waals surface area contributed by atoms with E-state index in [1.165, 1.54) is 11.1 Å². The van der Waals surface area contributed by atoms with Crippen LogP contribution in [0.4, 0.5) is 24.9 Å². The Kier molecular flexibility index (Phi) is 4.19. The molecule has 0 saturated heterocycles. The lowest BCUT2D eigenvalue weighted by Gasteiger charge is -2.29. The number of aromatic amines is 1. The Balaban J connectivity index is 2.52. The van der Waals surface area contributed by atoms with Crippen molar-refractivity contribution < 1.29 is 13.2 Å². The highest BCUT2D eigenvalue weighted by molar-refractivity contribution is 5.87. The summed E-state index contributed by atoms with van der Waals surface area (Å²) < 4.78 is 38.4. The molecule has 0 saturated carbocycles. The molecule has 2 N–H and O–H groups in total. The van der Waals surface area contributed by atoms with E-state index in [1.807, 2.05) is 6.92 Å². The third kappa shape index (κ3) is 3.53. The zero-order chi connectivity index (χ0) is 15.6. The minimum atomic E-state index is -4.32. The largest absolute Gasteiger partial charge is 0.405 e. The Morgan fingerprint density at radius 1 is 1.33 bits per heavy atom. The van der Waals surface area contributed by atoms with Gasteiger partial charge in [-0.2, -0.15) is 28.2 Å². The van der Waals surface area contributed by atoms with Crippen molar-refractivity contribution in [2.45, 2.75) is 33.0 Å². The zero-order valence-electron chi connectivity index (χ0n) is 12.0. The van der Waals surface area contributed by atoms with Crippen LogP contribution in [0.5, 0.6) is 0 Å². The van der Waals surface area contributed by atoms with E-state index in [4.69, 9.17) is 0 Å². The van der Waals surface area contributed by atoms with E-state index in [9.17, 15) is 13.2 Å². The van der Waals surface area contributed by atoms with Crippen LogP contribution in [-0.4, -0.2) is 45.5 Å². The zero-order valence-corrected chi connectivity index (χ0v) is 12.0. The second-order valence-corrected chi connectivity index (χ2v) is 4.87. The smallest absolute Gasteiger partial charge is 0.354 e. The Labute approximate surface area is 119 Å². The molecule has 2 heterocycles. The van der Waals surface area contributed by atoms with Gasteiger partial charge in [-0.25, -0.2) is 0 Å². The molecule has 0 aliphatic rings. The van der Waals surface area contributed by atoms with E-state index in [-0.39, 0.29) is 17.8 Å². The number of halogens is 3. The van der Waals surface area contributed by atoms with E-state index in [2.05, 4.69) is 25.5 Å². The maximum atomic E-state index is 12.8. The van der Waals surface area contributed by atoms with Crippen molar-refractivity contribution in [3.63, 3.8) is 0 Å². The first-order valence-corrected chi connectivity index (χ1v) is 6.60. The molecule has 0 bridgehead atoms. The van der Waals surface area contributed by atoms with Crippen molar-refractivity contribution in [3.05, 3.63) is 6.20 Å².